The Morgan fingerprint density at radius 1 is 1.33 bits per heavy atom. The second-order valence-electron chi connectivity index (χ2n) is 6.21. The number of methoxy groups -OCH3 is 1. The van der Waals surface area contributed by atoms with Gasteiger partial charge in [-0.1, -0.05) is 0 Å². The van der Waals surface area contributed by atoms with Crippen molar-refractivity contribution in [3.63, 3.8) is 0 Å². The van der Waals surface area contributed by atoms with Gasteiger partial charge in [0.15, 0.2) is 0 Å². The van der Waals surface area contributed by atoms with E-state index in [0.717, 1.165) is 9.47 Å². The number of carbonyl (C=O) groups excluding carboxylic acids is 1. The molecule has 1 N–H and O–H groups in total. The average molecular weight is 387 g/mol. The summed E-state index contributed by atoms with van der Waals surface area (Å²) in [6.45, 7) is 2.83. The Bertz CT molecular complexity index is 846. The number of aromatic nitrogens is 2. The number of rotatable bonds is 7. The monoisotopic (exact) mass is 387 g/mol. The number of carbonyl (C=O) groups is 2. The molecule has 0 aliphatic heterocycles. The van der Waals surface area contributed by atoms with Crippen LogP contribution < -0.4 is 0 Å². The first-order valence-corrected chi connectivity index (χ1v) is 8.15. The SMILES string of the molecule is COCCN(CC(=O)O)C(=O)c1ccc2c(c1)nc(C(F)(F)F)n2C(C)C. The smallest absolute Gasteiger partial charge is 0.449 e. The highest BCUT2D eigenvalue weighted by molar-refractivity contribution is 5.98. The van der Waals surface area contributed by atoms with E-state index >= 15 is 0 Å². The van der Waals surface area contributed by atoms with E-state index in [2.05, 4.69) is 4.98 Å². The van der Waals surface area contributed by atoms with Gasteiger partial charge in [0.05, 0.1) is 17.6 Å². The van der Waals surface area contributed by atoms with Crippen molar-refractivity contribution in [2.24, 2.45) is 0 Å². The molecule has 2 aromatic rings. The molecule has 0 spiro atoms. The lowest BCUT2D eigenvalue weighted by Gasteiger charge is -2.20. The summed E-state index contributed by atoms with van der Waals surface area (Å²) in [5.74, 6) is -2.87. The van der Waals surface area contributed by atoms with Crippen molar-refractivity contribution in [2.75, 3.05) is 26.8 Å². The zero-order valence-corrected chi connectivity index (χ0v) is 15.1. The highest BCUT2D eigenvalue weighted by Crippen LogP contribution is 2.34. The molecule has 0 fully saturated rings. The number of alkyl halides is 3. The van der Waals surface area contributed by atoms with E-state index in [-0.39, 0.29) is 29.7 Å². The molecular weight excluding hydrogens is 367 g/mol. The minimum atomic E-state index is -4.64. The maximum Gasteiger partial charge on any atom is 0.449 e. The van der Waals surface area contributed by atoms with E-state index in [4.69, 9.17) is 9.84 Å². The normalized spacial score (nSPS) is 12.0. The van der Waals surface area contributed by atoms with Crippen LogP contribution in [0.25, 0.3) is 11.0 Å². The molecule has 0 radical (unpaired) electrons. The van der Waals surface area contributed by atoms with Crippen molar-refractivity contribution >= 4 is 22.9 Å². The molecule has 1 aromatic heterocycles. The molecule has 1 aromatic carbocycles. The summed E-state index contributed by atoms with van der Waals surface area (Å²) >= 11 is 0. The molecule has 1 amide bonds. The molecule has 10 heteroatoms. The molecule has 0 unspecified atom stereocenters. The highest BCUT2D eigenvalue weighted by Gasteiger charge is 2.38. The Balaban J connectivity index is 2.48. The first-order valence-electron chi connectivity index (χ1n) is 8.15. The first kappa shape index (κ1) is 20.7. The Morgan fingerprint density at radius 3 is 2.52 bits per heavy atom. The summed E-state index contributed by atoms with van der Waals surface area (Å²) in [4.78, 5) is 28.3. The lowest BCUT2D eigenvalue weighted by atomic mass is 10.1. The fraction of sp³-hybridized carbons (Fsp3) is 0.471. The van der Waals surface area contributed by atoms with Crippen LogP contribution >= 0.6 is 0 Å². The number of aliphatic carboxylic acids is 1. The largest absolute Gasteiger partial charge is 0.480 e. The molecule has 0 saturated carbocycles. The lowest BCUT2D eigenvalue weighted by molar-refractivity contribution is -0.147. The van der Waals surface area contributed by atoms with Gasteiger partial charge < -0.3 is 19.3 Å². The lowest BCUT2D eigenvalue weighted by Crippen LogP contribution is -2.38. The summed E-state index contributed by atoms with van der Waals surface area (Å²) in [7, 11) is 1.41. The second kappa shape index (κ2) is 7.95. The van der Waals surface area contributed by atoms with Crippen LogP contribution in [0.3, 0.4) is 0 Å². The number of halogens is 3. The Hall–Kier alpha value is -2.62. The van der Waals surface area contributed by atoms with Gasteiger partial charge in [-0.3, -0.25) is 9.59 Å². The van der Waals surface area contributed by atoms with Crippen molar-refractivity contribution in [1.82, 2.24) is 14.5 Å². The molecule has 148 valence electrons. The molecule has 0 atom stereocenters. The molecule has 2 rings (SSSR count). The maximum absolute atomic E-state index is 13.3. The average Bonchev–Trinajstić information content (AvgIpc) is 2.96. The Labute approximate surface area is 153 Å². The standard InChI is InChI=1S/C17H20F3N3O4/c1-10(2)23-13-5-4-11(8-12(13)21-16(23)17(18,19)20)15(26)22(6-7-27-3)9-14(24)25/h4-5,8,10H,6-7,9H2,1-3H3,(H,24,25). The van der Waals surface area contributed by atoms with Crippen LogP contribution in [0, 0.1) is 0 Å². The van der Waals surface area contributed by atoms with Crippen molar-refractivity contribution in [2.45, 2.75) is 26.1 Å². The topological polar surface area (TPSA) is 84.7 Å². The molecule has 0 aliphatic rings. The summed E-state index contributed by atoms with van der Waals surface area (Å²) in [6.07, 6.45) is -4.64. The van der Waals surface area contributed by atoms with Crippen molar-refractivity contribution in [3.8, 4) is 0 Å². The summed E-state index contributed by atoms with van der Waals surface area (Å²) < 4.78 is 45.8. The third kappa shape index (κ3) is 4.57. The third-order valence-corrected chi connectivity index (χ3v) is 3.89. The van der Waals surface area contributed by atoms with Crippen LogP contribution in [0.1, 0.15) is 36.1 Å². The highest BCUT2D eigenvalue weighted by atomic mass is 19.4. The van der Waals surface area contributed by atoms with E-state index in [1.807, 2.05) is 0 Å². The number of amides is 1. The minimum absolute atomic E-state index is 0.0175. The number of ether oxygens (including phenoxy) is 1. The first-order chi connectivity index (χ1) is 12.6. The number of carboxylic acids is 1. The van der Waals surface area contributed by atoms with E-state index < -0.39 is 36.5 Å². The van der Waals surface area contributed by atoms with Gasteiger partial charge in [0.25, 0.3) is 5.91 Å². The van der Waals surface area contributed by atoms with Crippen LogP contribution in [0.4, 0.5) is 13.2 Å². The fourth-order valence-electron chi connectivity index (χ4n) is 2.75. The predicted octanol–water partition coefficient (Wildman–Crippen LogP) is 2.81. The van der Waals surface area contributed by atoms with Crippen LogP contribution in [-0.4, -0.2) is 58.2 Å². The number of hydrogen-bond donors (Lipinski definition) is 1. The van der Waals surface area contributed by atoms with Crippen LogP contribution in [0.2, 0.25) is 0 Å². The minimum Gasteiger partial charge on any atom is -0.480 e. The van der Waals surface area contributed by atoms with Crippen molar-refractivity contribution in [3.05, 3.63) is 29.6 Å². The summed E-state index contributed by atoms with van der Waals surface area (Å²) in [5, 5.41) is 8.97. The number of imidazole rings is 1. The number of nitrogens with zero attached hydrogens (tertiary/aromatic N) is 3. The quantitative estimate of drug-likeness (QED) is 0.790. The van der Waals surface area contributed by atoms with Gasteiger partial charge in [0, 0.05) is 25.3 Å². The molecule has 0 bridgehead atoms. The predicted molar refractivity (Wildman–Crippen MR) is 90.5 cm³/mol. The molecule has 1 heterocycles. The Morgan fingerprint density at radius 2 is 2.00 bits per heavy atom. The molecule has 0 aliphatic carbocycles. The Kier molecular flexibility index (Phi) is 6.09. The van der Waals surface area contributed by atoms with E-state index in [1.54, 1.807) is 13.8 Å². The summed E-state index contributed by atoms with van der Waals surface area (Å²) in [6, 6.07) is 3.51. The van der Waals surface area contributed by atoms with Gasteiger partial charge in [-0.25, -0.2) is 4.98 Å². The van der Waals surface area contributed by atoms with Gasteiger partial charge in [0.2, 0.25) is 5.82 Å². The second-order valence-corrected chi connectivity index (χ2v) is 6.21. The van der Waals surface area contributed by atoms with Gasteiger partial charge in [-0.2, -0.15) is 13.2 Å². The fourth-order valence-corrected chi connectivity index (χ4v) is 2.75. The third-order valence-electron chi connectivity index (χ3n) is 3.89. The number of carboxylic acid groups (broad SMARTS) is 1. The van der Waals surface area contributed by atoms with Crippen molar-refractivity contribution in [1.29, 1.82) is 0 Å². The number of benzene rings is 1. The molecule has 27 heavy (non-hydrogen) atoms. The van der Waals surface area contributed by atoms with Crippen LogP contribution in [0.5, 0.6) is 0 Å². The van der Waals surface area contributed by atoms with Crippen molar-refractivity contribution < 1.29 is 32.6 Å². The number of fused-ring (bicyclic) bond motifs is 1. The number of hydrogen-bond acceptors (Lipinski definition) is 4. The zero-order valence-electron chi connectivity index (χ0n) is 15.1. The van der Waals surface area contributed by atoms with Gasteiger partial charge in [0.1, 0.15) is 6.54 Å². The van der Waals surface area contributed by atoms with Crippen LogP contribution in [0.15, 0.2) is 18.2 Å². The van der Waals surface area contributed by atoms with Gasteiger partial charge in [-0.15, -0.1) is 0 Å². The summed E-state index contributed by atoms with van der Waals surface area (Å²) in [5.41, 5.74) is 0.321. The van der Waals surface area contributed by atoms with E-state index in [1.165, 1.54) is 25.3 Å². The molecular formula is C17H20F3N3O4. The van der Waals surface area contributed by atoms with Gasteiger partial charge in [-0.05, 0) is 32.0 Å². The molecule has 0 saturated heterocycles. The maximum atomic E-state index is 13.3. The van der Waals surface area contributed by atoms with E-state index in [0.29, 0.717) is 0 Å². The molecule has 7 nitrogen and oxygen atoms in total. The van der Waals surface area contributed by atoms with E-state index in [9.17, 15) is 22.8 Å². The van der Waals surface area contributed by atoms with Crippen LogP contribution in [-0.2, 0) is 15.7 Å². The zero-order chi connectivity index (χ0) is 20.4. The van der Waals surface area contributed by atoms with Gasteiger partial charge >= 0.3 is 12.1 Å².